The molecule has 1 aromatic heterocycles. The topological polar surface area (TPSA) is 92.8 Å². The van der Waals surface area contributed by atoms with Crippen molar-refractivity contribution in [3.63, 3.8) is 0 Å². The molecular formula is C28H28F3N5O2. The maximum atomic E-state index is 13.6. The van der Waals surface area contributed by atoms with Crippen molar-refractivity contribution < 1.29 is 22.7 Å². The molecule has 0 spiro atoms. The van der Waals surface area contributed by atoms with Gasteiger partial charge in [0.05, 0.1) is 18.0 Å². The molecule has 1 aliphatic carbocycles. The average molecular weight is 524 g/mol. The first-order chi connectivity index (χ1) is 18.3. The van der Waals surface area contributed by atoms with Gasteiger partial charge < -0.3 is 15.8 Å². The van der Waals surface area contributed by atoms with E-state index in [9.17, 15) is 18.0 Å². The van der Waals surface area contributed by atoms with Crippen molar-refractivity contribution in [3.05, 3.63) is 89.7 Å². The van der Waals surface area contributed by atoms with Gasteiger partial charge in [0.15, 0.2) is 0 Å². The Hall–Kier alpha value is -3.76. The molecule has 1 saturated carbocycles. The first kappa shape index (κ1) is 25.9. The number of carbonyl (C=O) groups is 1. The molecule has 198 valence electrons. The number of nitrogens with two attached hydrogens (primary N) is 1. The number of alkyl halides is 3. The van der Waals surface area contributed by atoms with Crippen LogP contribution in [-0.2, 0) is 16.1 Å². The number of carbonyl (C=O) groups excluding carboxylic acids is 1. The monoisotopic (exact) mass is 523 g/mol. The zero-order chi connectivity index (χ0) is 26.7. The van der Waals surface area contributed by atoms with Crippen molar-refractivity contribution in [2.75, 3.05) is 16.9 Å². The minimum atomic E-state index is -4.65. The van der Waals surface area contributed by atoms with E-state index in [1.807, 2.05) is 24.3 Å². The van der Waals surface area contributed by atoms with Crippen molar-refractivity contribution in [2.45, 2.75) is 44.1 Å². The first-order valence-electron chi connectivity index (χ1n) is 12.5. The van der Waals surface area contributed by atoms with Gasteiger partial charge in [0, 0.05) is 24.8 Å². The molecule has 5 rings (SSSR count). The minimum Gasteiger partial charge on any atom is -0.367 e. The highest BCUT2D eigenvalue weighted by atomic mass is 19.4. The number of hydrazone groups is 1. The fourth-order valence-corrected chi connectivity index (χ4v) is 4.36. The Bertz CT molecular complexity index is 1310. The average Bonchev–Trinajstić information content (AvgIpc) is 3.63. The lowest BCUT2D eigenvalue weighted by Gasteiger charge is -2.24. The highest BCUT2D eigenvalue weighted by Gasteiger charge is 2.45. The highest BCUT2D eigenvalue weighted by molar-refractivity contribution is 6.04. The van der Waals surface area contributed by atoms with Crippen molar-refractivity contribution >= 4 is 23.0 Å². The van der Waals surface area contributed by atoms with E-state index in [2.05, 4.69) is 15.4 Å². The summed E-state index contributed by atoms with van der Waals surface area (Å²) >= 11 is 0. The number of nitrogens with one attached hydrogen (secondary N) is 1. The summed E-state index contributed by atoms with van der Waals surface area (Å²) < 4.78 is 46.9. The lowest BCUT2D eigenvalue weighted by atomic mass is 10.0. The van der Waals surface area contributed by atoms with Crippen LogP contribution in [0, 0.1) is 5.92 Å². The summed E-state index contributed by atoms with van der Waals surface area (Å²) in [6.07, 6.45) is -1.67. The number of aromatic nitrogens is 1. The zero-order valence-corrected chi connectivity index (χ0v) is 20.6. The summed E-state index contributed by atoms with van der Waals surface area (Å²) in [7, 11) is 0. The fourth-order valence-electron chi connectivity index (χ4n) is 4.36. The molecule has 2 aliphatic rings. The van der Waals surface area contributed by atoms with E-state index in [0.29, 0.717) is 23.9 Å². The molecule has 3 N–H and O–H groups in total. The van der Waals surface area contributed by atoms with E-state index >= 15 is 0 Å². The molecule has 2 atom stereocenters. The maximum absolute atomic E-state index is 13.6. The Labute approximate surface area is 218 Å². The van der Waals surface area contributed by atoms with Gasteiger partial charge in [-0.1, -0.05) is 30.3 Å². The van der Waals surface area contributed by atoms with Gasteiger partial charge in [0.1, 0.15) is 17.9 Å². The van der Waals surface area contributed by atoms with E-state index in [1.165, 1.54) is 0 Å². The second-order valence-corrected chi connectivity index (χ2v) is 9.51. The molecule has 0 bridgehead atoms. The van der Waals surface area contributed by atoms with E-state index in [4.69, 9.17) is 10.5 Å². The Morgan fingerprint density at radius 2 is 1.92 bits per heavy atom. The van der Waals surface area contributed by atoms with E-state index in [0.717, 1.165) is 34.7 Å². The molecule has 0 saturated heterocycles. The summed E-state index contributed by atoms with van der Waals surface area (Å²) in [6.45, 7) is 0.815. The molecule has 2 heterocycles. The first-order valence-corrected chi connectivity index (χ1v) is 12.5. The van der Waals surface area contributed by atoms with Crippen molar-refractivity contribution in [3.8, 4) is 0 Å². The standard InChI is InChI=1S/C28H28F3N5O2/c29-28(30,31)25-15-24(36(35-25)22-8-3-5-19(13-22)16-32)27(37)34-21-7-4-6-20(14-21)26(38-17-18-10-11-18)23-9-1-2-12-33-23/h1-9,12-14,18,24,26H,10-11,15-17,32H2,(H,34,37). The number of rotatable bonds is 9. The summed E-state index contributed by atoms with van der Waals surface area (Å²) in [4.78, 5) is 17.8. The Morgan fingerprint density at radius 3 is 2.63 bits per heavy atom. The summed E-state index contributed by atoms with van der Waals surface area (Å²) in [5.74, 6) is -0.0605. The molecule has 2 unspecified atom stereocenters. The Balaban J connectivity index is 1.38. The van der Waals surface area contributed by atoms with Crippen LogP contribution in [0.1, 0.15) is 42.2 Å². The van der Waals surface area contributed by atoms with Crippen LogP contribution in [0.2, 0.25) is 0 Å². The SMILES string of the molecule is NCc1cccc(N2N=C(C(F)(F)F)CC2C(=O)Nc2cccc(C(OCC3CC3)c3ccccn3)c2)c1. The van der Waals surface area contributed by atoms with Gasteiger partial charge in [-0.15, -0.1) is 0 Å². The van der Waals surface area contributed by atoms with Gasteiger partial charge in [-0.2, -0.15) is 18.3 Å². The molecule has 3 aromatic rings. The van der Waals surface area contributed by atoms with Gasteiger partial charge in [0.25, 0.3) is 0 Å². The van der Waals surface area contributed by atoms with E-state index in [1.54, 1.807) is 48.7 Å². The largest absolute Gasteiger partial charge is 0.431 e. The molecule has 38 heavy (non-hydrogen) atoms. The molecule has 10 heteroatoms. The van der Waals surface area contributed by atoms with Gasteiger partial charge in [-0.25, -0.2) is 0 Å². The number of ether oxygens (including phenoxy) is 1. The zero-order valence-electron chi connectivity index (χ0n) is 20.6. The predicted molar refractivity (Wildman–Crippen MR) is 139 cm³/mol. The highest BCUT2D eigenvalue weighted by Crippen LogP contribution is 2.35. The fraction of sp³-hybridized carbons (Fsp3) is 0.321. The molecule has 1 aliphatic heterocycles. The Kier molecular flexibility index (Phi) is 7.44. The second-order valence-electron chi connectivity index (χ2n) is 9.51. The van der Waals surface area contributed by atoms with Gasteiger partial charge in [0.2, 0.25) is 5.91 Å². The van der Waals surface area contributed by atoms with Crippen LogP contribution in [0.3, 0.4) is 0 Å². The third-order valence-corrected chi connectivity index (χ3v) is 6.56. The number of nitrogens with zero attached hydrogens (tertiary/aromatic N) is 3. The van der Waals surface area contributed by atoms with E-state index in [-0.39, 0.29) is 6.54 Å². The molecule has 0 radical (unpaired) electrons. The second kappa shape index (κ2) is 10.9. The molecule has 2 aromatic carbocycles. The summed E-state index contributed by atoms with van der Waals surface area (Å²) in [6, 6.07) is 18.2. The number of hydrogen-bond donors (Lipinski definition) is 2. The Morgan fingerprint density at radius 1 is 1.11 bits per heavy atom. The summed E-state index contributed by atoms with van der Waals surface area (Å²) in [5, 5.41) is 7.68. The molecule has 7 nitrogen and oxygen atoms in total. The third-order valence-electron chi connectivity index (χ3n) is 6.56. The van der Waals surface area contributed by atoms with Gasteiger partial charge in [-0.3, -0.25) is 14.8 Å². The molecular weight excluding hydrogens is 495 g/mol. The summed E-state index contributed by atoms with van der Waals surface area (Å²) in [5.41, 5.74) is 7.75. The van der Waals surface area contributed by atoms with Crippen molar-refractivity contribution in [1.82, 2.24) is 4.98 Å². The number of anilines is 2. The normalized spacial score (nSPS) is 18.3. The minimum absolute atomic E-state index is 0.210. The number of halogens is 3. The number of hydrogen-bond acceptors (Lipinski definition) is 6. The number of pyridine rings is 1. The predicted octanol–water partition coefficient (Wildman–Crippen LogP) is 5.19. The number of amides is 1. The smallest absolute Gasteiger partial charge is 0.367 e. The lowest BCUT2D eigenvalue weighted by Crippen LogP contribution is -2.39. The third kappa shape index (κ3) is 6.03. The van der Waals surface area contributed by atoms with Crippen LogP contribution in [0.15, 0.2) is 78.0 Å². The van der Waals surface area contributed by atoms with Gasteiger partial charge in [-0.05, 0) is 66.3 Å². The quantitative estimate of drug-likeness (QED) is 0.403. The number of benzene rings is 2. The van der Waals surface area contributed by atoms with Crippen LogP contribution in [0.5, 0.6) is 0 Å². The van der Waals surface area contributed by atoms with Crippen LogP contribution in [0.4, 0.5) is 24.5 Å². The lowest BCUT2D eigenvalue weighted by molar-refractivity contribution is -0.117. The molecule has 1 amide bonds. The van der Waals surface area contributed by atoms with Crippen LogP contribution < -0.4 is 16.1 Å². The van der Waals surface area contributed by atoms with Crippen LogP contribution in [0.25, 0.3) is 0 Å². The molecule has 1 fully saturated rings. The van der Waals surface area contributed by atoms with Crippen LogP contribution in [-0.4, -0.2) is 35.4 Å². The van der Waals surface area contributed by atoms with Crippen molar-refractivity contribution in [2.24, 2.45) is 16.8 Å². The van der Waals surface area contributed by atoms with Crippen LogP contribution >= 0.6 is 0 Å². The van der Waals surface area contributed by atoms with E-state index < -0.39 is 36.4 Å². The maximum Gasteiger partial charge on any atom is 0.431 e. The van der Waals surface area contributed by atoms with Gasteiger partial charge >= 0.3 is 6.18 Å². The van der Waals surface area contributed by atoms with Crippen molar-refractivity contribution in [1.29, 1.82) is 0 Å².